The van der Waals surface area contributed by atoms with Crippen LogP contribution in [0.5, 0.6) is 0 Å². The maximum absolute atomic E-state index is 8.37. The van der Waals surface area contributed by atoms with Crippen LogP contribution in [0.25, 0.3) is 0 Å². The van der Waals surface area contributed by atoms with Crippen molar-refractivity contribution in [2.45, 2.75) is 6.42 Å². The number of rotatable bonds is 6. The Balaban J connectivity index is 2.60. The summed E-state index contributed by atoms with van der Waals surface area (Å²) in [7, 11) is 1.71. The second-order valence-electron chi connectivity index (χ2n) is 1.68. The Labute approximate surface area is 60.6 Å². The highest BCUT2D eigenvalue weighted by Crippen LogP contribution is 2.00. The molecule has 0 heterocycles. The molecule has 3 heteroatoms. The van der Waals surface area contributed by atoms with Gasteiger partial charge in [-0.15, -0.1) is 0 Å². The van der Waals surface area contributed by atoms with Crippen molar-refractivity contribution in [1.82, 2.24) is 0 Å². The van der Waals surface area contributed by atoms with Crippen LogP contribution in [-0.2, 0) is 4.74 Å². The standard InChI is InChI=1S/C6H14O2S/c1-8-4-2-5-9-6-3-7/h7H,2-6H2,1H3. The van der Waals surface area contributed by atoms with E-state index in [1.165, 1.54) is 0 Å². The maximum atomic E-state index is 8.37. The van der Waals surface area contributed by atoms with E-state index in [1.54, 1.807) is 18.9 Å². The molecule has 0 saturated carbocycles. The number of aliphatic hydroxyl groups excluding tert-OH is 1. The first-order chi connectivity index (χ1) is 4.41. The predicted molar refractivity (Wildman–Crippen MR) is 40.9 cm³/mol. The van der Waals surface area contributed by atoms with Gasteiger partial charge in [-0.25, -0.2) is 0 Å². The third-order valence-corrected chi connectivity index (χ3v) is 1.92. The van der Waals surface area contributed by atoms with Crippen LogP contribution in [0.4, 0.5) is 0 Å². The van der Waals surface area contributed by atoms with Crippen LogP contribution < -0.4 is 0 Å². The lowest BCUT2D eigenvalue weighted by atomic mass is 10.5. The summed E-state index contributed by atoms with van der Waals surface area (Å²) >= 11 is 1.76. The van der Waals surface area contributed by atoms with Gasteiger partial charge in [0.1, 0.15) is 0 Å². The topological polar surface area (TPSA) is 29.5 Å². The van der Waals surface area contributed by atoms with Gasteiger partial charge in [0.15, 0.2) is 0 Å². The van der Waals surface area contributed by atoms with E-state index in [0.29, 0.717) is 0 Å². The predicted octanol–water partition coefficient (Wildman–Crippen LogP) is 0.748. The third-order valence-electron chi connectivity index (χ3n) is 0.873. The van der Waals surface area contributed by atoms with Gasteiger partial charge in [-0.1, -0.05) is 0 Å². The lowest BCUT2D eigenvalue weighted by molar-refractivity contribution is 0.200. The van der Waals surface area contributed by atoms with E-state index >= 15 is 0 Å². The van der Waals surface area contributed by atoms with Gasteiger partial charge in [0.25, 0.3) is 0 Å². The molecule has 0 radical (unpaired) electrons. The summed E-state index contributed by atoms with van der Waals surface area (Å²) < 4.78 is 4.85. The zero-order valence-electron chi connectivity index (χ0n) is 5.80. The smallest absolute Gasteiger partial charge is 0.0521 e. The lowest BCUT2D eigenvalue weighted by Gasteiger charge is -1.97. The highest BCUT2D eigenvalue weighted by molar-refractivity contribution is 7.99. The molecule has 0 aromatic carbocycles. The highest BCUT2D eigenvalue weighted by Gasteiger charge is 1.86. The number of aliphatic hydroxyl groups is 1. The van der Waals surface area contributed by atoms with E-state index in [2.05, 4.69) is 0 Å². The van der Waals surface area contributed by atoms with Crippen molar-refractivity contribution in [1.29, 1.82) is 0 Å². The molecule has 0 rings (SSSR count). The van der Waals surface area contributed by atoms with Gasteiger partial charge < -0.3 is 9.84 Å². The molecule has 0 aliphatic heterocycles. The molecular formula is C6H14O2S. The number of hydrogen-bond acceptors (Lipinski definition) is 3. The summed E-state index contributed by atoms with van der Waals surface area (Å²) in [5.74, 6) is 1.94. The van der Waals surface area contributed by atoms with Crippen LogP contribution in [0.15, 0.2) is 0 Å². The minimum Gasteiger partial charge on any atom is -0.396 e. The second-order valence-corrected chi connectivity index (χ2v) is 2.91. The number of hydrogen-bond donors (Lipinski definition) is 1. The molecule has 0 aliphatic carbocycles. The molecule has 0 amide bonds. The molecule has 0 saturated heterocycles. The van der Waals surface area contributed by atoms with Gasteiger partial charge in [0, 0.05) is 19.5 Å². The van der Waals surface area contributed by atoms with Crippen molar-refractivity contribution in [3.05, 3.63) is 0 Å². The average molecular weight is 150 g/mol. The van der Waals surface area contributed by atoms with E-state index in [-0.39, 0.29) is 6.61 Å². The minimum atomic E-state index is 0.289. The van der Waals surface area contributed by atoms with E-state index in [0.717, 1.165) is 24.5 Å². The first-order valence-electron chi connectivity index (χ1n) is 3.09. The molecule has 0 aromatic heterocycles. The zero-order chi connectivity index (χ0) is 6.95. The van der Waals surface area contributed by atoms with Crippen LogP contribution in [0.3, 0.4) is 0 Å². The van der Waals surface area contributed by atoms with Crippen LogP contribution >= 0.6 is 11.8 Å². The van der Waals surface area contributed by atoms with Gasteiger partial charge in [-0.2, -0.15) is 11.8 Å². The SMILES string of the molecule is COCCCSCCO. The summed E-state index contributed by atoms with van der Waals surface area (Å²) in [5.41, 5.74) is 0. The monoisotopic (exact) mass is 150 g/mol. The zero-order valence-corrected chi connectivity index (χ0v) is 6.62. The molecule has 1 N–H and O–H groups in total. The molecule has 0 fully saturated rings. The van der Waals surface area contributed by atoms with Crippen molar-refractivity contribution in [3.63, 3.8) is 0 Å². The molecule has 0 atom stereocenters. The van der Waals surface area contributed by atoms with Crippen LogP contribution in [0.1, 0.15) is 6.42 Å². The molecule has 0 bridgehead atoms. The van der Waals surface area contributed by atoms with Gasteiger partial charge in [0.2, 0.25) is 0 Å². The Morgan fingerprint density at radius 3 is 2.78 bits per heavy atom. The van der Waals surface area contributed by atoms with Crippen molar-refractivity contribution >= 4 is 11.8 Å². The summed E-state index contributed by atoms with van der Waals surface area (Å²) in [4.78, 5) is 0. The maximum Gasteiger partial charge on any atom is 0.0521 e. The fourth-order valence-corrected chi connectivity index (χ4v) is 1.13. The minimum absolute atomic E-state index is 0.289. The van der Waals surface area contributed by atoms with E-state index in [4.69, 9.17) is 9.84 Å². The first-order valence-corrected chi connectivity index (χ1v) is 4.25. The van der Waals surface area contributed by atoms with E-state index in [9.17, 15) is 0 Å². The first kappa shape index (κ1) is 9.27. The summed E-state index contributed by atoms with van der Waals surface area (Å²) in [6.07, 6.45) is 1.08. The number of ether oxygens (including phenoxy) is 1. The fourth-order valence-electron chi connectivity index (χ4n) is 0.472. The van der Waals surface area contributed by atoms with Gasteiger partial charge >= 0.3 is 0 Å². The molecular weight excluding hydrogens is 136 g/mol. The van der Waals surface area contributed by atoms with Crippen LogP contribution in [0.2, 0.25) is 0 Å². The molecule has 0 aromatic rings. The molecule has 0 aliphatic rings. The van der Waals surface area contributed by atoms with E-state index < -0.39 is 0 Å². The summed E-state index contributed by atoms with van der Waals surface area (Å²) in [6.45, 7) is 1.12. The van der Waals surface area contributed by atoms with Crippen LogP contribution in [-0.4, -0.2) is 36.9 Å². The highest BCUT2D eigenvalue weighted by atomic mass is 32.2. The van der Waals surface area contributed by atoms with Crippen LogP contribution in [0, 0.1) is 0 Å². The normalized spacial score (nSPS) is 10.0. The Morgan fingerprint density at radius 2 is 2.22 bits per heavy atom. The molecule has 9 heavy (non-hydrogen) atoms. The van der Waals surface area contributed by atoms with Gasteiger partial charge in [-0.3, -0.25) is 0 Å². The lowest BCUT2D eigenvalue weighted by Crippen LogP contribution is -1.93. The Kier molecular flexibility index (Phi) is 8.52. The quantitative estimate of drug-likeness (QED) is 0.566. The van der Waals surface area contributed by atoms with Crippen molar-refractivity contribution < 1.29 is 9.84 Å². The summed E-state index contributed by atoms with van der Waals surface area (Å²) in [5, 5.41) is 8.37. The molecule has 2 nitrogen and oxygen atoms in total. The molecule has 0 spiro atoms. The van der Waals surface area contributed by atoms with Crippen molar-refractivity contribution in [2.75, 3.05) is 31.8 Å². The third kappa shape index (κ3) is 8.27. The second kappa shape index (κ2) is 8.27. The average Bonchev–Trinajstić information content (AvgIpc) is 1.89. The molecule has 56 valence electrons. The molecule has 0 unspecified atom stereocenters. The largest absolute Gasteiger partial charge is 0.396 e. The van der Waals surface area contributed by atoms with Gasteiger partial charge in [0.05, 0.1) is 6.61 Å². The number of thioether (sulfide) groups is 1. The Hall–Kier alpha value is 0.270. The number of methoxy groups -OCH3 is 1. The Morgan fingerprint density at radius 1 is 1.44 bits per heavy atom. The summed E-state index contributed by atoms with van der Waals surface area (Å²) in [6, 6.07) is 0. The van der Waals surface area contributed by atoms with Crippen molar-refractivity contribution in [3.8, 4) is 0 Å². The van der Waals surface area contributed by atoms with Gasteiger partial charge in [-0.05, 0) is 12.2 Å². The fraction of sp³-hybridized carbons (Fsp3) is 1.00. The van der Waals surface area contributed by atoms with Crippen molar-refractivity contribution in [2.24, 2.45) is 0 Å². The Bertz CT molecular complexity index is 44.3. The van der Waals surface area contributed by atoms with E-state index in [1.807, 2.05) is 0 Å².